The molecule has 1 aromatic heterocycles. The van der Waals surface area contributed by atoms with E-state index in [1.54, 1.807) is 12.1 Å². The van der Waals surface area contributed by atoms with Gasteiger partial charge in [0.1, 0.15) is 5.69 Å². The van der Waals surface area contributed by atoms with Gasteiger partial charge in [0.25, 0.3) is 5.56 Å². The van der Waals surface area contributed by atoms with Crippen LogP contribution in [0, 0.1) is 0 Å². The summed E-state index contributed by atoms with van der Waals surface area (Å²) in [6, 6.07) is 7.22. The molecule has 0 spiro atoms. The van der Waals surface area contributed by atoms with Crippen LogP contribution in [0.25, 0.3) is 11.0 Å². The highest BCUT2D eigenvalue weighted by Crippen LogP contribution is 2.07. The van der Waals surface area contributed by atoms with E-state index >= 15 is 0 Å². The largest absolute Gasteiger partial charge is 0.368 e. The van der Waals surface area contributed by atoms with Crippen LogP contribution in [0.5, 0.6) is 0 Å². The lowest BCUT2D eigenvalue weighted by Gasteiger charge is -2.03. The van der Waals surface area contributed by atoms with E-state index in [1.165, 1.54) is 0 Å². The van der Waals surface area contributed by atoms with Crippen molar-refractivity contribution in [3.05, 3.63) is 40.3 Å². The van der Waals surface area contributed by atoms with Gasteiger partial charge in [0.15, 0.2) is 6.29 Å². The van der Waals surface area contributed by atoms with Gasteiger partial charge >= 0.3 is 0 Å². The van der Waals surface area contributed by atoms with E-state index in [4.69, 9.17) is 10.2 Å². The Balaban J connectivity index is 2.38. The molecule has 2 aromatic rings. The monoisotopic (exact) mass is 220 g/mol. The first-order valence-electron chi connectivity index (χ1n) is 5.01. The van der Waals surface area contributed by atoms with Gasteiger partial charge in [-0.05, 0) is 12.1 Å². The summed E-state index contributed by atoms with van der Waals surface area (Å²) in [4.78, 5) is 18.4. The van der Waals surface area contributed by atoms with Gasteiger partial charge in [-0.3, -0.25) is 4.79 Å². The maximum atomic E-state index is 11.6. The van der Waals surface area contributed by atoms with E-state index < -0.39 is 6.29 Å². The minimum absolute atomic E-state index is 0.106. The van der Waals surface area contributed by atoms with Crippen LogP contribution in [-0.4, -0.2) is 26.5 Å². The van der Waals surface area contributed by atoms with Gasteiger partial charge in [-0.1, -0.05) is 12.1 Å². The van der Waals surface area contributed by atoms with Crippen molar-refractivity contribution in [2.45, 2.75) is 19.1 Å². The van der Waals surface area contributed by atoms with Crippen LogP contribution >= 0.6 is 0 Å². The Hall–Kier alpha value is -1.72. The first kappa shape index (κ1) is 10.8. The number of aryl methyl sites for hydroxylation is 1. The second-order valence-corrected chi connectivity index (χ2v) is 3.55. The zero-order valence-corrected chi connectivity index (χ0v) is 8.55. The number of aromatic nitrogens is 2. The summed E-state index contributed by atoms with van der Waals surface area (Å²) < 4.78 is 0. The number of aliphatic hydroxyl groups excluding tert-OH is 1. The molecule has 0 saturated carbocycles. The first-order valence-corrected chi connectivity index (χ1v) is 5.01. The lowest BCUT2D eigenvalue weighted by Crippen LogP contribution is -2.17. The van der Waals surface area contributed by atoms with Crippen molar-refractivity contribution in [3.63, 3.8) is 0 Å². The number of nitrogens with one attached hydrogen (secondary N) is 1. The zero-order chi connectivity index (χ0) is 11.5. The molecule has 1 heterocycles. The van der Waals surface area contributed by atoms with E-state index in [9.17, 15) is 4.79 Å². The minimum atomic E-state index is -1.41. The number of rotatable bonds is 3. The SMILES string of the molecule is O=c1[nH]c2ccccc2nc1CCC(O)O. The van der Waals surface area contributed by atoms with Crippen molar-refractivity contribution in [2.24, 2.45) is 0 Å². The van der Waals surface area contributed by atoms with Crippen molar-refractivity contribution in [1.82, 2.24) is 9.97 Å². The molecule has 0 amide bonds. The Bertz CT molecular complexity index is 548. The number of H-pyrrole nitrogens is 1. The van der Waals surface area contributed by atoms with Crippen LogP contribution in [0.1, 0.15) is 12.1 Å². The second kappa shape index (κ2) is 4.42. The molecular formula is C11H12N2O3. The van der Waals surface area contributed by atoms with Gasteiger partial charge in [-0.15, -0.1) is 0 Å². The lowest BCUT2D eigenvalue weighted by molar-refractivity contribution is -0.0448. The number of para-hydroxylation sites is 2. The van der Waals surface area contributed by atoms with Crippen molar-refractivity contribution in [3.8, 4) is 0 Å². The smallest absolute Gasteiger partial charge is 0.270 e. The summed E-state index contributed by atoms with van der Waals surface area (Å²) in [6.45, 7) is 0. The van der Waals surface area contributed by atoms with E-state index in [2.05, 4.69) is 9.97 Å². The minimum Gasteiger partial charge on any atom is -0.368 e. The molecule has 0 saturated heterocycles. The van der Waals surface area contributed by atoms with E-state index in [1.807, 2.05) is 12.1 Å². The molecule has 0 fully saturated rings. The molecule has 0 bridgehead atoms. The number of aromatic amines is 1. The fourth-order valence-electron chi connectivity index (χ4n) is 1.50. The van der Waals surface area contributed by atoms with Crippen molar-refractivity contribution in [2.75, 3.05) is 0 Å². The quantitative estimate of drug-likeness (QED) is 0.643. The van der Waals surface area contributed by atoms with Crippen LogP contribution in [0.3, 0.4) is 0 Å². The van der Waals surface area contributed by atoms with E-state index in [0.29, 0.717) is 16.7 Å². The molecule has 2 rings (SSSR count). The third kappa shape index (κ3) is 2.26. The fraction of sp³-hybridized carbons (Fsp3) is 0.273. The van der Waals surface area contributed by atoms with Crippen LogP contribution in [0.2, 0.25) is 0 Å². The van der Waals surface area contributed by atoms with Crippen molar-refractivity contribution < 1.29 is 10.2 Å². The normalized spacial score (nSPS) is 11.2. The summed E-state index contributed by atoms with van der Waals surface area (Å²) in [7, 11) is 0. The standard InChI is InChI=1S/C11H12N2O3/c14-10(15)6-5-9-11(16)13-8-4-2-1-3-7(8)12-9/h1-4,10,14-15H,5-6H2,(H,13,16). The van der Waals surface area contributed by atoms with Gasteiger partial charge in [-0.2, -0.15) is 0 Å². The molecule has 0 atom stereocenters. The van der Waals surface area contributed by atoms with Gasteiger partial charge in [0, 0.05) is 12.8 Å². The molecule has 0 aliphatic heterocycles. The number of fused-ring (bicyclic) bond motifs is 1. The van der Waals surface area contributed by atoms with Gasteiger partial charge in [-0.25, -0.2) is 4.98 Å². The molecule has 84 valence electrons. The van der Waals surface area contributed by atoms with Gasteiger partial charge in [0.05, 0.1) is 11.0 Å². The van der Waals surface area contributed by atoms with Crippen LogP contribution < -0.4 is 5.56 Å². The number of benzene rings is 1. The zero-order valence-electron chi connectivity index (χ0n) is 8.55. The van der Waals surface area contributed by atoms with Crippen molar-refractivity contribution >= 4 is 11.0 Å². The van der Waals surface area contributed by atoms with E-state index in [0.717, 1.165) is 0 Å². The Morgan fingerprint density at radius 1 is 1.31 bits per heavy atom. The van der Waals surface area contributed by atoms with E-state index in [-0.39, 0.29) is 18.4 Å². The van der Waals surface area contributed by atoms with Gasteiger partial charge in [0.2, 0.25) is 0 Å². The topological polar surface area (TPSA) is 86.2 Å². The molecular weight excluding hydrogens is 208 g/mol. The van der Waals surface area contributed by atoms with Crippen LogP contribution in [0.15, 0.2) is 29.1 Å². The third-order valence-corrected chi connectivity index (χ3v) is 2.31. The molecule has 5 nitrogen and oxygen atoms in total. The highest BCUT2D eigenvalue weighted by molar-refractivity contribution is 5.73. The predicted molar refractivity (Wildman–Crippen MR) is 58.9 cm³/mol. The molecule has 1 aromatic carbocycles. The Labute approximate surface area is 91.4 Å². The molecule has 5 heteroatoms. The highest BCUT2D eigenvalue weighted by atomic mass is 16.5. The molecule has 0 radical (unpaired) electrons. The average Bonchev–Trinajstić information content (AvgIpc) is 2.26. The predicted octanol–water partition coefficient (Wildman–Crippen LogP) is 0.166. The Morgan fingerprint density at radius 2 is 2.06 bits per heavy atom. The molecule has 0 aliphatic rings. The summed E-state index contributed by atoms with van der Waals surface area (Å²) >= 11 is 0. The molecule has 16 heavy (non-hydrogen) atoms. The maximum absolute atomic E-state index is 11.6. The van der Waals surface area contributed by atoms with Gasteiger partial charge < -0.3 is 15.2 Å². The summed E-state index contributed by atoms with van der Waals surface area (Å²) in [5, 5.41) is 17.5. The van der Waals surface area contributed by atoms with Crippen molar-refractivity contribution in [1.29, 1.82) is 0 Å². The summed E-state index contributed by atoms with van der Waals surface area (Å²) in [5.41, 5.74) is 1.43. The third-order valence-electron chi connectivity index (χ3n) is 2.31. The first-order chi connectivity index (χ1) is 7.66. The average molecular weight is 220 g/mol. The molecule has 3 N–H and O–H groups in total. The highest BCUT2D eigenvalue weighted by Gasteiger charge is 2.06. The summed E-state index contributed by atoms with van der Waals surface area (Å²) in [6.07, 6.45) is -1.06. The second-order valence-electron chi connectivity index (χ2n) is 3.55. The molecule has 0 aliphatic carbocycles. The Morgan fingerprint density at radius 3 is 2.81 bits per heavy atom. The fourth-order valence-corrected chi connectivity index (χ4v) is 1.50. The number of hydrogen-bond acceptors (Lipinski definition) is 4. The summed E-state index contributed by atoms with van der Waals surface area (Å²) in [5.74, 6) is 0. The number of hydrogen-bond donors (Lipinski definition) is 3. The lowest BCUT2D eigenvalue weighted by atomic mass is 10.2. The van der Waals surface area contributed by atoms with Crippen LogP contribution in [0.4, 0.5) is 0 Å². The maximum Gasteiger partial charge on any atom is 0.270 e. The number of nitrogens with zero attached hydrogens (tertiary/aromatic N) is 1. The Kier molecular flexibility index (Phi) is 2.98. The van der Waals surface area contributed by atoms with Crippen LogP contribution in [-0.2, 0) is 6.42 Å². The molecule has 0 unspecified atom stereocenters. The number of aliphatic hydroxyl groups is 2.